The standard InChI is InChI=1S/C16H18N2O3S2.C2H6.CH3.Y/c1-4-12-17-16-14(22-12)13(19)15(23(20,21)18(16)5-2)11-9-7-6-8-10(11)3;1-2;;/h6-9,19H,4-5H2,1-3H3;1-2H3;1H3;/q;;-1;. The zero-order valence-corrected chi connectivity index (χ0v) is 21.2. The first-order chi connectivity index (χ1) is 11.9. The van der Waals surface area contributed by atoms with Gasteiger partial charge < -0.3 is 12.5 Å². The maximum Gasteiger partial charge on any atom is 0.269 e. The molecule has 0 amide bonds. The van der Waals surface area contributed by atoms with Crippen molar-refractivity contribution in [2.75, 3.05) is 10.8 Å². The monoisotopic (exact) mass is 484 g/mol. The largest absolute Gasteiger partial charge is 0.505 e. The van der Waals surface area contributed by atoms with E-state index in [0.717, 1.165) is 10.6 Å². The number of benzene rings is 1. The van der Waals surface area contributed by atoms with Gasteiger partial charge in [-0.15, -0.1) is 11.3 Å². The number of aromatic nitrogens is 1. The number of hydrogen-bond acceptors (Lipinski definition) is 5. The predicted octanol–water partition coefficient (Wildman–Crippen LogP) is 5.04. The molecule has 1 aromatic heterocycles. The molecule has 1 radical (unpaired) electrons. The molecule has 0 saturated heterocycles. The van der Waals surface area contributed by atoms with E-state index >= 15 is 0 Å². The van der Waals surface area contributed by atoms with Gasteiger partial charge in [0.05, 0.1) is 5.01 Å². The molecule has 0 saturated carbocycles. The fourth-order valence-electron chi connectivity index (χ4n) is 2.69. The number of aliphatic hydroxyl groups is 1. The molecule has 2 heterocycles. The van der Waals surface area contributed by atoms with Crippen molar-refractivity contribution in [3.8, 4) is 0 Å². The number of fused-ring (bicyclic) bond motifs is 1. The molecule has 1 N–H and O–H groups in total. The molecule has 147 valence electrons. The van der Waals surface area contributed by atoms with E-state index < -0.39 is 10.0 Å². The second-order valence-corrected chi connectivity index (χ2v) is 8.16. The molecule has 3 rings (SSSR count). The van der Waals surface area contributed by atoms with Crippen molar-refractivity contribution in [2.45, 2.75) is 41.0 Å². The van der Waals surface area contributed by atoms with Crippen molar-refractivity contribution >= 4 is 37.8 Å². The van der Waals surface area contributed by atoms with Gasteiger partial charge in [0, 0.05) is 44.8 Å². The third-order valence-corrected chi connectivity index (χ3v) is 6.98. The Morgan fingerprint density at radius 3 is 2.30 bits per heavy atom. The normalized spacial score (nSPS) is 14.3. The van der Waals surface area contributed by atoms with Gasteiger partial charge in [-0.05, 0) is 25.8 Å². The van der Waals surface area contributed by atoms with Crippen molar-refractivity contribution in [3.63, 3.8) is 0 Å². The molecule has 1 aliphatic rings. The van der Waals surface area contributed by atoms with Gasteiger partial charge >= 0.3 is 0 Å². The third-order valence-electron chi connectivity index (χ3n) is 3.85. The Hall–Kier alpha value is -0.756. The first kappa shape index (κ1) is 26.2. The Bertz CT molecular complexity index is 905. The van der Waals surface area contributed by atoms with Gasteiger partial charge in [-0.2, -0.15) is 0 Å². The summed E-state index contributed by atoms with van der Waals surface area (Å²) in [6.45, 7) is 9.83. The second-order valence-electron chi connectivity index (χ2n) is 5.28. The molecule has 0 spiro atoms. The second kappa shape index (κ2) is 10.7. The van der Waals surface area contributed by atoms with E-state index in [2.05, 4.69) is 4.98 Å². The Balaban J connectivity index is 0.00000164. The average molecular weight is 484 g/mol. The smallest absolute Gasteiger partial charge is 0.269 e. The quantitative estimate of drug-likeness (QED) is 0.620. The van der Waals surface area contributed by atoms with Crippen LogP contribution in [0.4, 0.5) is 5.82 Å². The Kier molecular flexibility index (Phi) is 10.4. The minimum absolute atomic E-state index is 0. The molecular formula is C19H27N2O3S2Y-. The number of sulfonamides is 1. The van der Waals surface area contributed by atoms with Gasteiger partial charge in [-0.25, -0.2) is 17.7 Å². The average Bonchev–Trinajstić information content (AvgIpc) is 3.02. The van der Waals surface area contributed by atoms with E-state index in [9.17, 15) is 13.5 Å². The number of nitrogens with zero attached hydrogens (tertiary/aromatic N) is 2. The van der Waals surface area contributed by atoms with E-state index in [1.807, 2.05) is 39.8 Å². The molecule has 27 heavy (non-hydrogen) atoms. The van der Waals surface area contributed by atoms with Gasteiger partial charge in [0.15, 0.2) is 11.6 Å². The maximum atomic E-state index is 13.0. The molecule has 0 atom stereocenters. The van der Waals surface area contributed by atoms with Gasteiger partial charge in [-0.1, -0.05) is 45.0 Å². The van der Waals surface area contributed by atoms with E-state index in [4.69, 9.17) is 0 Å². The molecule has 1 aliphatic heterocycles. The van der Waals surface area contributed by atoms with Crippen molar-refractivity contribution in [1.29, 1.82) is 0 Å². The minimum Gasteiger partial charge on any atom is -0.505 e. The summed E-state index contributed by atoms with van der Waals surface area (Å²) < 4.78 is 27.4. The molecule has 5 nitrogen and oxygen atoms in total. The van der Waals surface area contributed by atoms with Crippen LogP contribution in [0.2, 0.25) is 0 Å². The van der Waals surface area contributed by atoms with Gasteiger partial charge in [0.25, 0.3) is 10.0 Å². The molecule has 0 unspecified atom stereocenters. The van der Waals surface area contributed by atoms with Crippen LogP contribution in [0.25, 0.3) is 10.7 Å². The van der Waals surface area contributed by atoms with Crippen LogP contribution < -0.4 is 4.31 Å². The van der Waals surface area contributed by atoms with E-state index in [1.54, 1.807) is 19.1 Å². The molecule has 8 heteroatoms. The molecule has 1 aromatic carbocycles. The Labute approximate surface area is 192 Å². The van der Waals surface area contributed by atoms with Crippen molar-refractivity contribution in [3.05, 3.63) is 52.7 Å². The summed E-state index contributed by atoms with van der Waals surface area (Å²) in [6, 6.07) is 7.17. The molecule has 0 fully saturated rings. The van der Waals surface area contributed by atoms with Crippen LogP contribution in [0, 0.1) is 14.4 Å². The summed E-state index contributed by atoms with van der Waals surface area (Å²) in [5.74, 6) is 0.139. The van der Waals surface area contributed by atoms with Crippen LogP contribution in [0.1, 0.15) is 48.7 Å². The summed E-state index contributed by atoms with van der Waals surface area (Å²) in [5.41, 5.74) is 1.33. The third kappa shape index (κ3) is 4.64. The zero-order valence-electron chi connectivity index (χ0n) is 16.8. The van der Waals surface area contributed by atoms with Crippen molar-refractivity contribution in [1.82, 2.24) is 4.98 Å². The van der Waals surface area contributed by atoms with Crippen molar-refractivity contribution < 1.29 is 46.2 Å². The number of rotatable bonds is 3. The molecule has 0 aliphatic carbocycles. The first-order valence-corrected chi connectivity index (χ1v) is 10.7. The van der Waals surface area contributed by atoms with Crippen molar-refractivity contribution in [2.24, 2.45) is 0 Å². The van der Waals surface area contributed by atoms with Gasteiger partial charge in [-0.3, -0.25) is 0 Å². The molecule has 2 aromatic rings. The molecular weight excluding hydrogens is 457 g/mol. The Morgan fingerprint density at radius 1 is 1.19 bits per heavy atom. The van der Waals surface area contributed by atoms with Gasteiger partial charge in [0.1, 0.15) is 9.78 Å². The van der Waals surface area contributed by atoms with Crippen LogP contribution in [0.3, 0.4) is 0 Å². The van der Waals surface area contributed by atoms with Crippen LogP contribution in [-0.2, 0) is 49.2 Å². The van der Waals surface area contributed by atoms with E-state index in [0.29, 0.717) is 22.7 Å². The number of anilines is 1. The fraction of sp³-hybridized carbons (Fsp3) is 0.368. The summed E-state index contributed by atoms with van der Waals surface area (Å²) in [7, 11) is -3.84. The van der Waals surface area contributed by atoms with Crippen LogP contribution in [0.5, 0.6) is 0 Å². The summed E-state index contributed by atoms with van der Waals surface area (Å²) in [6.07, 6.45) is 0.697. The maximum absolute atomic E-state index is 13.0. The number of thiazole rings is 1. The SMILES string of the molecule is CC.CCc1nc2c(s1)C(O)=C(c1ccccc1C)S(=O)(=O)N2CC.[CH3-].[Y]. The summed E-state index contributed by atoms with van der Waals surface area (Å²) in [5, 5.41) is 11.5. The van der Waals surface area contributed by atoms with Gasteiger partial charge in [0.2, 0.25) is 0 Å². The number of aryl methyl sites for hydroxylation is 2. The predicted molar refractivity (Wildman–Crippen MR) is 112 cm³/mol. The first-order valence-electron chi connectivity index (χ1n) is 8.43. The minimum atomic E-state index is -3.84. The Morgan fingerprint density at radius 2 is 1.78 bits per heavy atom. The summed E-state index contributed by atoms with van der Waals surface area (Å²) >= 11 is 1.34. The van der Waals surface area contributed by atoms with Crippen LogP contribution in [0.15, 0.2) is 24.3 Å². The van der Waals surface area contributed by atoms with Crippen LogP contribution >= 0.6 is 11.3 Å². The van der Waals surface area contributed by atoms with E-state index in [1.165, 1.54) is 15.6 Å². The number of aliphatic hydroxyl groups excluding tert-OH is 1. The number of hydrogen-bond donors (Lipinski definition) is 1. The van der Waals surface area contributed by atoms with Crippen LogP contribution in [-0.4, -0.2) is 25.1 Å². The zero-order chi connectivity index (χ0) is 18.8. The molecule has 0 bridgehead atoms. The summed E-state index contributed by atoms with van der Waals surface area (Å²) in [4.78, 5) is 4.88. The fourth-order valence-corrected chi connectivity index (χ4v) is 5.55. The topological polar surface area (TPSA) is 70.5 Å². The van der Waals surface area contributed by atoms with E-state index in [-0.39, 0.29) is 57.3 Å².